The molecule has 230 valence electrons. The number of halogens is 2. The zero-order valence-corrected chi connectivity index (χ0v) is 26.6. The minimum absolute atomic E-state index is 0.00822. The number of hydrogen-bond acceptors (Lipinski definition) is 5. The number of nitrogens with zero attached hydrogens (tertiary/aromatic N) is 2. The Morgan fingerprint density at radius 3 is 1.93 bits per heavy atom. The molecule has 4 rings (SSSR count). The van der Waals surface area contributed by atoms with Gasteiger partial charge in [0.25, 0.3) is 10.0 Å². The molecular formula is C33H33Cl2N3O5S. The molecule has 44 heavy (non-hydrogen) atoms. The number of anilines is 1. The highest BCUT2D eigenvalue weighted by Crippen LogP contribution is 2.30. The van der Waals surface area contributed by atoms with Crippen LogP contribution in [0.4, 0.5) is 5.69 Å². The van der Waals surface area contributed by atoms with Crippen molar-refractivity contribution >= 4 is 50.7 Å². The number of benzene rings is 4. The van der Waals surface area contributed by atoms with E-state index in [0.717, 1.165) is 4.31 Å². The van der Waals surface area contributed by atoms with E-state index in [1.165, 1.54) is 17.0 Å². The number of carbonyl (C=O) groups excluding carboxylic acids is 2. The maximum atomic E-state index is 14.2. The first-order valence-corrected chi connectivity index (χ1v) is 16.3. The van der Waals surface area contributed by atoms with E-state index < -0.39 is 28.5 Å². The zero-order valence-electron chi connectivity index (χ0n) is 24.3. The van der Waals surface area contributed by atoms with Crippen molar-refractivity contribution < 1.29 is 22.7 Å². The number of rotatable bonds is 13. The molecule has 0 aliphatic rings. The van der Waals surface area contributed by atoms with Crippen LogP contribution in [0.1, 0.15) is 25.8 Å². The van der Waals surface area contributed by atoms with Crippen molar-refractivity contribution in [2.45, 2.75) is 37.8 Å². The van der Waals surface area contributed by atoms with Crippen LogP contribution < -0.4 is 14.4 Å². The van der Waals surface area contributed by atoms with Gasteiger partial charge in [-0.25, -0.2) is 8.42 Å². The largest absolute Gasteiger partial charge is 0.457 e. The first-order chi connectivity index (χ1) is 21.1. The summed E-state index contributed by atoms with van der Waals surface area (Å²) in [4.78, 5) is 28.6. The third-order valence-corrected chi connectivity index (χ3v) is 9.34. The number of sulfonamides is 1. The van der Waals surface area contributed by atoms with Gasteiger partial charge in [0.1, 0.15) is 24.1 Å². The molecule has 0 heterocycles. The first kappa shape index (κ1) is 32.9. The Bertz CT molecular complexity index is 1650. The van der Waals surface area contributed by atoms with Crippen LogP contribution in [0.5, 0.6) is 11.5 Å². The molecule has 0 bridgehead atoms. The summed E-state index contributed by atoms with van der Waals surface area (Å²) in [6, 6.07) is 27.5. The quantitative estimate of drug-likeness (QED) is 0.169. The smallest absolute Gasteiger partial charge is 0.264 e. The van der Waals surface area contributed by atoms with Crippen LogP contribution >= 0.6 is 23.2 Å². The predicted molar refractivity (Wildman–Crippen MR) is 174 cm³/mol. The maximum absolute atomic E-state index is 14.2. The fourth-order valence-electron chi connectivity index (χ4n) is 4.62. The van der Waals surface area contributed by atoms with Crippen molar-refractivity contribution in [3.8, 4) is 11.5 Å². The molecule has 0 radical (unpaired) electrons. The summed E-state index contributed by atoms with van der Waals surface area (Å²) >= 11 is 12.9. The van der Waals surface area contributed by atoms with Gasteiger partial charge in [-0.1, -0.05) is 72.6 Å². The summed E-state index contributed by atoms with van der Waals surface area (Å²) < 4.78 is 34.9. The van der Waals surface area contributed by atoms with E-state index in [2.05, 4.69) is 5.32 Å². The Balaban J connectivity index is 1.74. The monoisotopic (exact) mass is 653 g/mol. The molecule has 4 aromatic rings. The van der Waals surface area contributed by atoms with Gasteiger partial charge in [-0.3, -0.25) is 13.9 Å². The topological polar surface area (TPSA) is 96.0 Å². The molecule has 0 saturated heterocycles. The SMILES string of the molecule is CCNC(=O)[C@@H](CC)N(Cc1c(Cl)cccc1Cl)C(=O)CN(c1ccc(Oc2ccccc2)cc1)S(=O)(=O)c1ccccc1. The summed E-state index contributed by atoms with van der Waals surface area (Å²) in [6.45, 7) is 3.22. The molecule has 1 atom stereocenters. The third-order valence-electron chi connectivity index (χ3n) is 6.84. The van der Waals surface area contributed by atoms with Gasteiger partial charge in [0.2, 0.25) is 11.8 Å². The second kappa shape index (κ2) is 15.1. The summed E-state index contributed by atoms with van der Waals surface area (Å²) in [6.07, 6.45) is 0.274. The number of hydrogen-bond donors (Lipinski definition) is 1. The molecule has 0 aliphatic carbocycles. The Hall–Kier alpha value is -4.05. The molecule has 2 amide bonds. The minimum atomic E-state index is -4.21. The highest BCUT2D eigenvalue weighted by atomic mass is 35.5. The lowest BCUT2D eigenvalue weighted by Crippen LogP contribution is -2.52. The average Bonchev–Trinajstić information content (AvgIpc) is 3.02. The molecule has 0 spiro atoms. The number of ether oxygens (including phenoxy) is 1. The summed E-state index contributed by atoms with van der Waals surface area (Å²) in [5.74, 6) is 0.129. The highest BCUT2D eigenvalue weighted by Gasteiger charge is 2.34. The fraction of sp³-hybridized carbons (Fsp3) is 0.212. The van der Waals surface area contributed by atoms with Crippen molar-refractivity contribution in [1.29, 1.82) is 0 Å². The summed E-state index contributed by atoms with van der Waals surface area (Å²) in [5.41, 5.74) is 0.691. The molecule has 11 heteroatoms. The van der Waals surface area contributed by atoms with Crippen LogP contribution in [0.3, 0.4) is 0 Å². The van der Waals surface area contributed by atoms with Crippen LogP contribution in [-0.4, -0.2) is 44.3 Å². The summed E-state index contributed by atoms with van der Waals surface area (Å²) in [7, 11) is -4.21. The Kier molecular flexibility index (Phi) is 11.3. The van der Waals surface area contributed by atoms with Gasteiger partial charge in [-0.15, -0.1) is 0 Å². The Morgan fingerprint density at radius 2 is 1.36 bits per heavy atom. The van der Waals surface area contributed by atoms with Gasteiger partial charge in [0.05, 0.1) is 10.6 Å². The number of carbonyl (C=O) groups is 2. The maximum Gasteiger partial charge on any atom is 0.264 e. The van der Waals surface area contributed by atoms with Crippen molar-refractivity contribution in [2.24, 2.45) is 0 Å². The summed E-state index contributed by atoms with van der Waals surface area (Å²) in [5, 5.41) is 3.42. The van der Waals surface area contributed by atoms with E-state index >= 15 is 0 Å². The number of para-hydroxylation sites is 1. The minimum Gasteiger partial charge on any atom is -0.457 e. The normalized spacial score (nSPS) is 11.8. The zero-order chi connectivity index (χ0) is 31.7. The Morgan fingerprint density at radius 1 is 0.795 bits per heavy atom. The van der Waals surface area contributed by atoms with Crippen molar-refractivity contribution in [2.75, 3.05) is 17.4 Å². The van der Waals surface area contributed by atoms with E-state index in [4.69, 9.17) is 27.9 Å². The number of nitrogens with one attached hydrogen (secondary N) is 1. The lowest BCUT2D eigenvalue weighted by Gasteiger charge is -2.33. The molecule has 0 aliphatic heterocycles. The number of amides is 2. The van der Waals surface area contributed by atoms with Gasteiger partial charge in [0.15, 0.2) is 0 Å². The van der Waals surface area contributed by atoms with E-state index in [9.17, 15) is 18.0 Å². The van der Waals surface area contributed by atoms with Crippen LogP contribution in [0.2, 0.25) is 10.0 Å². The van der Waals surface area contributed by atoms with Crippen molar-refractivity contribution in [1.82, 2.24) is 10.2 Å². The van der Waals surface area contributed by atoms with Gasteiger partial charge < -0.3 is 15.0 Å². The molecule has 0 unspecified atom stereocenters. The molecule has 0 fully saturated rings. The predicted octanol–water partition coefficient (Wildman–Crippen LogP) is 6.92. The molecule has 0 saturated carbocycles. The van der Waals surface area contributed by atoms with Gasteiger partial charge in [-0.2, -0.15) is 0 Å². The van der Waals surface area contributed by atoms with Gasteiger partial charge >= 0.3 is 0 Å². The van der Waals surface area contributed by atoms with Crippen LogP contribution in [0, 0.1) is 0 Å². The lowest BCUT2D eigenvalue weighted by molar-refractivity contribution is -0.140. The third kappa shape index (κ3) is 7.91. The van der Waals surface area contributed by atoms with E-state index in [1.54, 1.807) is 86.6 Å². The van der Waals surface area contributed by atoms with E-state index in [1.807, 2.05) is 18.2 Å². The number of likely N-dealkylation sites (N-methyl/N-ethyl adjacent to an activating group) is 1. The van der Waals surface area contributed by atoms with Crippen molar-refractivity contribution in [3.05, 3.63) is 119 Å². The first-order valence-electron chi connectivity index (χ1n) is 14.1. The van der Waals surface area contributed by atoms with Crippen LogP contribution in [0.25, 0.3) is 0 Å². The van der Waals surface area contributed by atoms with Crippen LogP contribution in [0.15, 0.2) is 108 Å². The van der Waals surface area contributed by atoms with Gasteiger partial charge in [0, 0.05) is 28.7 Å². The van der Waals surface area contributed by atoms with E-state index in [-0.39, 0.29) is 29.5 Å². The average molecular weight is 655 g/mol. The molecule has 8 nitrogen and oxygen atoms in total. The second-order valence-electron chi connectivity index (χ2n) is 9.77. The van der Waals surface area contributed by atoms with Gasteiger partial charge in [-0.05, 0) is 74.0 Å². The lowest BCUT2D eigenvalue weighted by atomic mass is 10.1. The standard InChI is InChI=1S/C33H33Cl2N3O5S/c1-3-31(33(40)36-4-2)37(22-28-29(34)16-11-17-30(28)35)32(39)23-38(44(41,42)27-14-9-6-10-15-27)24-18-20-26(21-19-24)43-25-12-7-5-8-13-25/h5-21,31H,3-4,22-23H2,1-2H3,(H,36,40)/t31-/m1/s1. The van der Waals surface area contributed by atoms with E-state index in [0.29, 0.717) is 33.7 Å². The fourth-order valence-corrected chi connectivity index (χ4v) is 6.57. The highest BCUT2D eigenvalue weighted by molar-refractivity contribution is 7.92. The molecular weight excluding hydrogens is 621 g/mol. The Labute approximate surface area is 268 Å². The molecule has 0 aromatic heterocycles. The second-order valence-corrected chi connectivity index (χ2v) is 12.5. The molecule has 4 aromatic carbocycles. The van der Waals surface area contributed by atoms with Crippen molar-refractivity contribution in [3.63, 3.8) is 0 Å². The van der Waals surface area contributed by atoms with Crippen LogP contribution in [-0.2, 0) is 26.2 Å². The molecule has 1 N–H and O–H groups in total.